The zero-order chi connectivity index (χ0) is 33.1. The molecule has 0 fully saturated rings. The van der Waals surface area contributed by atoms with Crippen molar-refractivity contribution in [3.05, 3.63) is 151 Å². The molecule has 6 aromatic carbocycles. The molecule has 49 heavy (non-hydrogen) atoms. The van der Waals surface area contributed by atoms with Gasteiger partial charge in [-0.1, -0.05) is 0 Å². The van der Waals surface area contributed by atoms with Gasteiger partial charge in [0.1, 0.15) is 0 Å². The summed E-state index contributed by atoms with van der Waals surface area (Å²) in [5.41, 5.74) is 14.9. The first-order chi connectivity index (χ1) is 23.8. The molecule has 4 heteroatoms. The van der Waals surface area contributed by atoms with Gasteiger partial charge in [-0.3, -0.25) is 0 Å². The van der Waals surface area contributed by atoms with Crippen LogP contribution in [0.3, 0.4) is 0 Å². The van der Waals surface area contributed by atoms with Gasteiger partial charge in [-0.15, -0.1) is 0 Å². The fourth-order valence-corrected chi connectivity index (χ4v) is 15.6. The molecule has 0 saturated heterocycles. The third-order valence-corrected chi connectivity index (χ3v) is 18.5. The monoisotopic (exact) mass is 691 g/mol. The molecule has 0 unspecified atom stereocenters. The van der Waals surface area contributed by atoms with Crippen LogP contribution in [0.25, 0.3) is 72.5 Å². The van der Waals surface area contributed by atoms with Crippen LogP contribution in [-0.2, 0) is 5.41 Å². The van der Waals surface area contributed by atoms with Crippen LogP contribution in [0.2, 0.25) is 11.5 Å². The fraction of sp³-hybridized carbons (Fsp3) is 0.111. The number of nitrogens with zero attached hydrogens (tertiary/aromatic N) is 3. The third kappa shape index (κ3) is 3.91. The van der Waals surface area contributed by atoms with E-state index in [0.29, 0.717) is 0 Å². The zero-order valence-electron chi connectivity index (χ0n) is 28.1. The molecule has 0 saturated carbocycles. The molecule has 0 radical (unpaired) electrons. The van der Waals surface area contributed by atoms with Crippen molar-refractivity contribution in [3.8, 4) is 50.7 Å². The van der Waals surface area contributed by atoms with Gasteiger partial charge >= 0.3 is 291 Å². The second kappa shape index (κ2) is 10.1. The summed E-state index contributed by atoms with van der Waals surface area (Å²) in [6.45, 7) is 4.73. The summed E-state index contributed by atoms with van der Waals surface area (Å²) >= 11 is -2.90. The van der Waals surface area contributed by atoms with Crippen molar-refractivity contribution in [1.82, 2.24) is 14.5 Å². The van der Waals surface area contributed by atoms with Gasteiger partial charge in [-0.05, 0) is 0 Å². The Balaban J connectivity index is 1.23. The van der Waals surface area contributed by atoms with Gasteiger partial charge in [0.15, 0.2) is 0 Å². The first-order valence-electron chi connectivity index (χ1n) is 17.2. The Morgan fingerprint density at radius 3 is 2.04 bits per heavy atom. The topological polar surface area (TPSA) is 30.7 Å². The predicted molar refractivity (Wildman–Crippen MR) is 207 cm³/mol. The van der Waals surface area contributed by atoms with Crippen molar-refractivity contribution in [2.24, 2.45) is 0 Å². The molecular weight excluding hydrogens is 655 g/mol. The van der Waals surface area contributed by atoms with Crippen LogP contribution < -0.4 is 8.79 Å². The van der Waals surface area contributed by atoms with Gasteiger partial charge in [0.05, 0.1) is 0 Å². The second-order valence-electron chi connectivity index (χ2n) is 14.6. The van der Waals surface area contributed by atoms with Crippen LogP contribution in [0.15, 0.2) is 140 Å². The van der Waals surface area contributed by atoms with Crippen LogP contribution in [0.5, 0.6) is 0 Å². The van der Waals surface area contributed by atoms with E-state index in [-0.39, 0.29) is 5.41 Å². The standard InChI is InChI=1S/C45H35GeN3/c1-45(2)34-21-13-11-19-31(34)39-35(45)25-26-38-40(39)33-20-12-14-22-37(33)49(38)30-23-24-32-36(27-30)46(3,4)41-42(28-15-7-5-8-16-28)47-44(48-43(32)41)29-17-9-6-10-18-29/h5-27H,1-4H3. The van der Waals surface area contributed by atoms with E-state index in [1.165, 1.54) is 64.1 Å². The van der Waals surface area contributed by atoms with Crippen molar-refractivity contribution < 1.29 is 0 Å². The number of benzene rings is 6. The number of fused-ring (bicyclic) bond motifs is 10. The number of para-hydroxylation sites is 1. The fourth-order valence-electron chi connectivity index (χ4n) is 8.83. The SMILES string of the molecule is CC1(C)c2ccccc2-c2c1ccc1c2c2ccccc2n1-c1ccc2[c](c1)[Ge]([CH3])([CH3])[c]1c(-c3ccccc3)nc(-c3ccccc3)nc1-2. The second-order valence-corrected chi connectivity index (χ2v) is 23.6. The van der Waals surface area contributed by atoms with Gasteiger partial charge < -0.3 is 0 Å². The Labute approximate surface area is 289 Å². The van der Waals surface area contributed by atoms with Crippen LogP contribution in [0, 0.1) is 0 Å². The van der Waals surface area contributed by atoms with Crippen molar-refractivity contribution >= 4 is 43.9 Å². The normalized spacial score (nSPS) is 14.9. The van der Waals surface area contributed by atoms with E-state index in [4.69, 9.17) is 9.97 Å². The summed E-state index contributed by atoms with van der Waals surface area (Å²) in [7, 11) is 0. The Kier molecular flexibility index (Phi) is 5.94. The van der Waals surface area contributed by atoms with Gasteiger partial charge in [0, 0.05) is 0 Å². The summed E-state index contributed by atoms with van der Waals surface area (Å²) in [5, 5.41) is 2.65. The molecule has 1 aliphatic carbocycles. The third-order valence-electron chi connectivity index (χ3n) is 11.2. The van der Waals surface area contributed by atoms with Crippen molar-refractivity contribution in [2.75, 3.05) is 0 Å². The maximum absolute atomic E-state index is 5.34. The summed E-state index contributed by atoms with van der Waals surface area (Å²) in [6, 6.07) is 50.9. The van der Waals surface area contributed by atoms with E-state index in [9.17, 15) is 0 Å². The molecule has 10 rings (SSSR count). The molecule has 2 aromatic heterocycles. The van der Waals surface area contributed by atoms with Crippen molar-refractivity contribution in [3.63, 3.8) is 0 Å². The van der Waals surface area contributed by atoms with Crippen molar-refractivity contribution in [1.29, 1.82) is 0 Å². The average Bonchev–Trinajstić information content (AvgIpc) is 3.69. The van der Waals surface area contributed by atoms with Gasteiger partial charge in [-0.25, -0.2) is 0 Å². The van der Waals surface area contributed by atoms with Crippen LogP contribution in [0.1, 0.15) is 25.0 Å². The maximum atomic E-state index is 5.34. The van der Waals surface area contributed by atoms with Crippen LogP contribution in [-0.4, -0.2) is 27.8 Å². The number of hydrogen-bond donors (Lipinski definition) is 0. The zero-order valence-corrected chi connectivity index (χ0v) is 30.2. The molecule has 0 atom stereocenters. The van der Waals surface area contributed by atoms with E-state index in [1.54, 1.807) is 0 Å². The molecule has 0 amide bonds. The van der Waals surface area contributed by atoms with Gasteiger partial charge in [-0.2, -0.15) is 0 Å². The summed E-state index contributed by atoms with van der Waals surface area (Å²) in [4.78, 5) is 10.7. The molecule has 234 valence electrons. The summed E-state index contributed by atoms with van der Waals surface area (Å²) < 4.78 is 5.33. The Hall–Kier alpha value is -5.26. The van der Waals surface area contributed by atoms with E-state index >= 15 is 0 Å². The summed E-state index contributed by atoms with van der Waals surface area (Å²) in [6.07, 6.45) is 0. The molecule has 3 heterocycles. The molecule has 3 nitrogen and oxygen atoms in total. The number of rotatable bonds is 3. The molecule has 0 bridgehead atoms. The predicted octanol–water partition coefficient (Wildman–Crippen LogP) is 10.0. The molecule has 8 aromatic rings. The average molecular weight is 690 g/mol. The summed E-state index contributed by atoms with van der Waals surface area (Å²) in [5.74, 6) is 5.82. The molecule has 2 aliphatic rings. The molecule has 0 spiro atoms. The Bertz CT molecular complexity index is 2650. The number of aromatic nitrogens is 3. The van der Waals surface area contributed by atoms with Crippen LogP contribution >= 0.6 is 0 Å². The molecular formula is C45H35GeN3. The first-order valence-corrected chi connectivity index (χ1v) is 23.5. The van der Waals surface area contributed by atoms with Gasteiger partial charge in [0.25, 0.3) is 0 Å². The molecule has 1 aliphatic heterocycles. The quantitative estimate of drug-likeness (QED) is 0.173. The van der Waals surface area contributed by atoms with Crippen LogP contribution in [0.4, 0.5) is 0 Å². The van der Waals surface area contributed by atoms with E-state index in [2.05, 4.69) is 163 Å². The van der Waals surface area contributed by atoms with Crippen molar-refractivity contribution in [2.45, 2.75) is 30.8 Å². The van der Waals surface area contributed by atoms with E-state index < -0.39 is 13.3 Å². The Morgan fingerprint density at radius 1 is 0.571 bits per heavy atom. The molecule has 0 N–H and O–H groups in total. The first kappa shape index (κ1) is 28.7. The van der Waals surface area contributed by atoms with Gasteiger partial charge in [0.2, 0.25) is 0 Å². The number of hydrogen-bond acceptors (Lipinski definition) is 2. The van der Waals surface area contributed by atoms with E-state index in [0.717, 1.165) is 28.3 Å². The Morgan fingerprint density at radius 2 is 1.24 bits per heavy atom. The minimum absolute atomic E-state index is 0.0453. The van der Waals surface area contributed by atoms with E-state index in [1.807, 2.05) is 6.07 Å². The minimum atomic E-state index is -2.90.